The Hall–Kier alpha value is -9.25. The lowest BCUT2D eigenvalue weighted by Gasteiger charge is -2.14. The molecule has 3 saturated carbocycles. The van der Waals surface area contributed by atoms with E-state index in [0.717, 1.165) is 135 Å². The molecule has 9 aromatic heterocycles. The minimum atomic E-state index is 0.572. The first-order chi connectivity index (χ1) is 40.9. The van der Waals surface area contributed by atoms with E-state index in [1.54, 1.807) is 0 Å². The molecule has 17 nitrogen and oxygen atoms in total. The van der Waals surface area contributed by atoms with Crippen LogP contribution < -0.4 is 0 Å². The van der Waals surface area contributed by atoms with E-state index in [1.807, 2.05) is 78.7 Å². The zero-order chi connectivity index (χ0) is 59.0. The van der Waals surface area contributed by atoms with E-state index in [0.29, 0.717) is 17.8 Å². The normalized spacial score (nSPS) is 14.3. The predicted molar refractivity (Wildman–Crippen MR) is 332 cm³/mol. The third-order valence-electron chi connectivity index (χ3n) is 17.8. The van der Waals surface area contributed by atoms with Crippen LogP contribution in [0.5, 0.6) is 0 Å². The molecule has 17 heteroatoms. The van der Waals surface area contributed by atoms with Gasteiger partial charge in [-0.15, -0.1) is 0 Å². The molecule has 0 unspecified atom stereocenters. The number of fused-ring (bicyclic) bond motifs is 4. The molecule has 16 rings (SSSR count). The lowest BCUT2D eigenvalue weighted by molar-refractivity contribution is 0.393. The van der Waals surface area contributed by atoms with E-state index in [2.05, 4.69) is 146 Å². The number of nitrogens with one attached hydrogen (secondary N) is 1. The van der Waals surface area contributed by atoms with Crippen LogP contribution in [-0.2, 0) is 28.2 Å². The Balaban J connectivity index is 0.000000113. The molecule has 0 radical (unpaired) electrons. The molecule has 0 aliphatic heterocycles. The monoisotopic (exact) mass is 1130 g/mol. The van der Waals surface area contributed by atoms with Crippen LogP contribution in [-0.4, -0.2) is 69.1 Å². The van der Waals surface area contributed by atoms with E-state index in [1.165, 1.54) is 89.2 Å². The van der Waals surface area contributed by atoms with E-state index in [4.69, 9.17) is 28.5 Å². The van der Waals surface area contributed by atoms with E-state index in [9.17, 15) is 0 Å². The SMILES string of the molecule is Cc1ccc2ncccc2c1-c1cc(-c2c(C)noc2C)cc2nc(C3CC3)n(C)c12.Cc1cnn(C)c1-c1cc(-c2c(C)noc2C)cc2nc(C3CC3)n(C)c12.Cc1n[nH]c(C)c1-c1cc(-c2c(C)noc2C)cc2nc(C3CC3)n(C)c12. The molecule has 85 heavy (non-hydrogen) atoms. The second-order valence-electron chi connectivity index (χ2n) is 24.1. The van der Waals surface area contributed by atoms with Gasteiger partial charge in [0.2, 0.25) is 0 Å². The summed E-state index contributed by atoms with van der Waals surface area (Å²) in [7, 11) is 8.41. The molecule has 0 saturated heterocycles. The van der Waals surface area contributed by atoms with Crippen molar-refractivity contribution >= 4 is 44.0 Å². The van der Waals surface area contributed by atoms with Crippen molar-refractivity contribution in [3.05, 3.63) is 147 Å². The number of hydrogen-bond acceptors (Lipinski definition) is 12. The smallest absolute Gasteiger partial charge is 0.141 e. The maximum atomic E-state index is 5.49. The summed E-state index contributed by atoms with van der Waals surface area (Å²) in [6.07, 6.45) is 11.1. The molecule has 13 aromatic rings. The second-order valence-corrected chi connectivity index (χ2v) is 24.1. The summed E-state index contributed by atoms with van der Waals surface area (Å²) in [5.74, 6) is 7.79. The van der Waals surface area contributed by atoms with Crippen molar-refractivity contribution in [1.29, 1.82) is 0 Å². The van der Waals surface area contributed by atoms with E-state index in [-0.39, 0.29) is 0 Å². The number of aryl methyl sites for hydroxylation is 14. The first kappa shape index (κ1) is 53.7. The Morgan fingerprint density at radius 1 is 0.459 bits per heavy atom. The standard InChI is InChI=1S/C26H24N4O.2C21H23N5O/c1-14-7-10-21-19(6-5-11-27-21)23(14)20-12-18(24-15(2)29-31-16(24)3)13-22-25(20)30(4)26(28-22)17-8-9-17;1-11-10-22-26(5)19(11)16-8-15(18-12(2)24-27-13(18)3)9-17-20(16)25(4)21(23-17)14-6-7-14;1-10-18(11(2)24-23-10)16-8-15(19-12(3)25-27-13(19)4)9-17-20(16)26(5)21(22-17)14-6-7-14/h5-7,10-13,17H,8-9H2,1-4H3;8-10,14H,6-7H2,1-5H3;8-9,14H,6-7H2,1-5H3,(H,23,24). The topological polar surface area (TPSA) is 191 Å². The van der Waals surface area contributed by atoms with Crippen LogP contribution >= 0.6 is 0 Å². The van der Waals surface area contributed by atoms with Crippen LogP contribution in [0.15, 0.2) is 86.6 Å². The van der Waals surface area contributed by atoms with Gasteiger partial charge in [0.25, 0.3) is 0 Å². The number of H-pyrrole nitrogens is 1. The Morgan fingerprint density at radius 3 is 1.28 bits per heavy atom. The van der Waals surface area contributed by atoms with Crippen molar-refractivity contribution in [3.63, 3.8) is 0 Å². The maximum Gasteiger partial charge on any atom is 0.141 e. The van der Waals surface area contributed by atoms with Gasteiger partial charge in [-0.2, -0.15) is 10.2 Å². The number of hydrogen-bond donors (Lipinski definition) is 1. The number of aromatic nitrogens is 14. The van der Waals surface area contributed by atoms with Crippen molar-refractivity contribution in [2.75, 3.05) is 0 Å². The Bertz CT molecular complexity index is 4530. The van der Waals surface area contributed by atoms with Crippen LogP contribution in [0.25, 0.3) is 111 Å². The summed E-state index contributed by atoms with van der Waals surface area (Å²) in [6, 6.07) is 21.7. The minimum absolute atomic E-state index is 0.572. The summed E-state index contributed by atoms with van der Waals surface area (Å²) in [6.45, 7) is 20.3. The summed E-state index contributed by atoms with van der Waals surface area (Å²) in [4.78, 5) is 19.7. The quantitative estimate of drug-likeness (QED) is 0.144. The van der Waals surface area contributed by atoms with Crippen molar-refractivity contribution in [2.45, 2.75) is 126 Å². The molecule has 0 atom stereocenters. The fourth-order valence-electron chi connectivity index (χ4n) is 13.4. The fraction of sp³-hybridized carbons (Fsp3) is 0.338. The molecule has 3 fully saturated rings. The van der Waals surface area contributed by atoms with Crippen molar-refractivity contribution < 1.29 is 13.6 Å². The summed E-state index contributed by atoms with van der Waals surface area (Å²) >= 11 is 0. The van der Waals surface area contributed by atoms with Gasteiger partial charge in [-0.05, 0) is 190 Å². The third-order valence-corrected chi connectivity index (χ3v) is 17.8. The van der Waals surface area contributed by atoms with Gasteiger partial charge in [-0.1, -0.05) is 27.6 Å². The zero-order valence-corrected chi connectivity index (χ0v) is 50.9. The van der Waals surface area contributed by atoms with E-state index < -0.39 is 0 Å². The molecule has 0 bridgehead atoms. The molecule has 4 aromatic carbocycles. The van der Waals surface area contributed by atoms with Crippen LogP contribution in [0, 0.1) is 69.2 Å². The molecule has 430 valence electrons. The van der Waals surface area contributed by atoms with Gasteiger partial charge < -0.3 is 27.3 Å². The zero-order valence-electron chi connectivity index (χ0n) is 50.9. The number of pyridine rings is 1. The maximum absolute atomic E-state index is 5.49. The largest absolute Gasteiger partial charge is 0.361 e. The summed E-state index contributed by atoms with van der Waals surface area (Å²) in [5, 5.41) is 25.7. The summed E-state index contributed by atoms with van der Waals surface area (Å²) in [5.41, 5.74) is 28.2. The molecular weight excluding hydrogens is 1060 g/mol. The molecule has 0 amide bonds. The van der Waals surface area contributed by atoms with Crippen LogP contribution in [0.2, 0.25) is 0 Å². The predicted octanol–water partition coefficient (Wildman–Crippen LogP) is 15.4. The number of nitrogens with zero attached hydrogens (tertiary/aromatic N) is 13. The highest BCUT2D eigenvalue weighted by Gasteiger charge is 2.33. The number of imidazole rings is 3. The summed E-state index contributed by atoms with van der Waals surface area (Å²) < 4.78 is 25.1. The van der Waals surface area contributed by atoms with Gasteiger partial charge in [-0.25, -0.2) is 15.0 Å². The fourth-order valence-corrected chi connectivity index (χ4v) is 13.4. The van der Waals surface area contributed by atoms with Gasteiger partial charge in [0.05, 0.1) is 73.3 Å². The molecule has 3 aliphatic carbocycles. The Kier molecular flexibility index (Phi) is 12.8. The molecule has 9 heterocycles. The lowest BCUT2D eigenvalue weighted by Crippen LogP contribution is -2.00. The van der Waals surface area contributed by atoms with Gasteiger partial charge in [-0.3, -0.25) is 14.8 Å². The Morgan fingerprint density at radius 2 is 0.894 bits per heavy atom. The average Bonchev–Trinajstić information content (AvgIpc) is 2.36. The van der Waals surface area contributed by atoms with Crippen molar-refractivity contribution in [1.82, 2.24) is 69.1 Å². The molecular formula is C68H70N14O3. The first-order valence-electron chi connectivity index (χ1n) is 29.6. The molecule has 3 aliphatic rings. The third kappa shape index (κ3) is 9.08. The highest BCUT2D eigenvalue weighted by Crippen LogP contribution is 2.48. The molecule has 0 spiro atoms. The Labute approximate surface area is 492 Å². The van der Waals surface area contributed by atoms with Gasteiger partial charge >= 0.3 is 0 Å². The van der Waals surface area contributed by atoms with Crippen LogP contribution in [0.4, 0.5) is 0 Å². The number of aromatic amines is 1. The van der Waals surface area contributed by atoms with Gasteiger partial charge in [0, 0.05) is 102 Å². The number of rotatable bonds is 9. The van der Waals surface area contributed by atoms with Crippen molar-refractivity contribution in [2.24, 2.45) is 28.2 Å². The van der Waals surface area contributed by atoms with E-state index >= 15 is 0 Å². The van der Waals surface area contributed by atoms with Gasteiger partial charge in [0.15, 0.2) is 0 Å². The molecule has 1 N–H and O–H groups in total. The highest BCUT2D eigenvalue weighted by molar-refractivity contribution is 6.06. The van der Waals surface area contributed by atoms with Crippen LogP contribution in [0.1, 0.15) is 131 Å². The second kappa shape index (κ2) is 20.2. The number of benzene rings is 4. The van der Waals surface area contributed by atoms with Crippen molar-refractivity contribution in [3.8, 4) is 66.9 Å². The van der Waals surface area contributed by atoms with Gasteiger partial charge in [0.1, 0.15) is 34.8 Å². The lowest BCUT2D eigenvalue weighted by atomic mass is 9.91. The average molecular weight is 1130 g/mol. The van der Waals surface area contributed by atoms with Crippen LogP contribution in [0.3, 0.4) is 0 Å². The first-order valence-corrected chi connectivity index (χ1v) is 29.6. The minimum Gasteiger partial charge on any atom is -0.361 e. The highest BCUT2D eigenvalue weighted by atomic mass is 16.5.